The van der Waals surface area contributed by atoms with E-state index in [1.54, 1.807) is 0 Å². The first kappa shape index (κ1) is 12.7. The highest BCUT2D eigenvalue weighted by Gasteiger charge is 2.37. The number of nitrogens with zero attached hydrogens (tertiary/aromatic N) is 1. The Bertz CT molecular complexity index is 198. The molecule has 94 valence electrons. The molecule has 3 atom stereocenters. The van der Waals surface area contributed by atoms with Crippen LogP contribution in [0.1, 0.15) is 32.6 Å². The van der Waals surface area contributed by atoms with Crippen LogP contribution in [0.15, 0.2) is 0 Å². The molecule has 2 fully saturated rings. The van der Waals surface area contributed by atoms with Crippen LogP contribution in [0.3, 0.4) is 0 Å². The second-order valence-electron chi connectivity index (χ2n) is 5.28. The molecular formula is C13H26N2S. The number of fused-ring (bicyclic) bond motifs is 1. The third-order valence-corrected chi connectivity index (χ3v) is 5.28. The van der Waals surface area contributed by atoms with Crippen LogP contribution in [0.2, 0.25) is 0 Å². The van der Waals surface area contributed by atoms with Crippen molar-refractivity contribution in [3.63, 3.8) is 0 Å². The molecule has 0 bridgehead atoms. The first-order valence-corrected chi connectivity index (χ1v) is 8.02. The topological polar surface area (TPSA) is 29.3 Å². The fraction of sp³-hybridized carbons (Fsp3) is 1.00. The van der Waals surface area contributed by atoms with E-state index in [1.165, 1.54) is 50.3 Å². The first-order chi connectivity index (χ1) is 7.85. The third kappa shape index (κ3) is 2.93. The summed E-state index contributed by atoms with van der Waals surface area (Å²) in [5, 5.41) is 0. The average molecular weight is 242 g/mol. The van der Waals surface area contributed by atoms with Gasteiger partial charge in [-0.2, -0.15) is 11.8 Å². The highest BCUT2D eigenvalue weighted by molar-refractivity contribution is 7.99. The number of nitrogens with two attached hydrogens (primary N) is 1. The van der Waals surface area contributed by atoms with Crippen LogP contribution in [-0.2, 0) is 0 Å². The molecule has 1 aliphatic carbocycles. The maximum atomic E-state index is 5.93. The Hall–Kier alpha value is 0.270. The van der Waals surface area contributed by atoms with Crippen LogP contribution in [0.25, 0.3) is 0 Å². The van der Waals surface area contributed by atoms with Crippen molar-refractivity contribution >= 4 is 11.8 Å². The zero-order chi connectivity index (χ0) is 11.4. The summed E-state index contributed by atoms with van der Waals surface area (Å²) >= 11 is 2.05. The van der Waals surface area contributed by atoms with Gasteiger partial charge in [-0.3, -0.25) is 4.90 Å². The summed E-state index contributed by atoms with van der Waals surface area (Å²) in [6, 6.07) is 0.657. The quantitative estimate of drug-likeness (QED) is 0.724. The molecule has 1 saturated heterocycles. The standard InChI is InChI=1S/C13H26N2S/c1-2-16-7-6-13(8-14)15-9-11-4-3-5-12(11)10-15/h11-13H,2-10,14H2,1H3. The smallest absolute Gasteiger partial charge is 0.0226 e. The zero-order valence-electron chi connectivity index (χ0n) is 10.5. The molecule has 3 unspecified atom stereocenters. The molecule has 2 nitrogen and oxygen atoms in total. The minimum absolute atomic E-state index is 0.657. The van der Waals surface area contributed by atoms with E-state index in [2.05, 4.69) is 11.8 Å². The van der Waals surface area contributed by atoms with Gasteiger partial charge in [0.15, 0.2) is 0 Å². The van der Waals surface area contributed by atoms with E-state index in [0.29, 0.717) is 6.04 Å². The van der Waals surface area contributed by atoms with E-state index in [-0.39, 0.29) is 0 Å². The third-order valence-electron chi connectivity index (χ3n) is 4.34. The lowest BCUT2D eigenvalue weighted by Crippen LogP contribution is -2.40. The number of hydrogen-bond donors (Lipinski definition) is 1. The van der Waals surface area contributed by atoms with Crippen molar-refractivity contribution in [1.29, 1.82) is 0 Å². The van der Waals surface area contributed by atoms with Gasteiger partial charge < -0.3 is 5.73 Å². The molecule has 2 aliphatic rings. The van der Waals surface area contributed by atoms with Crippen LogP contribution in [0.4, 0.5) is 0 Å². The average Bonchev–Trinajstić information content (AvgIpc) is 2.84. The van der Waals surface area contributed by atoms with E-state index in [4.69, 9.17) is 5.73 Å². The van der Waals surface area contributed by atoms with Crippen molar-refractivity contribution in [2.45, 2.75) is 38.6 Å². The fourth-order valence-corrected chi connectivity index (χ4v) is 4.11. The Balaban J connectivity index is 1.77. The minimum Gasteiger partial charge on any atom is -0.329 e. The Kier molecular flexibility index (Phi) is 4.98. The van der Waals surface area contributed by atoms with Crippen molar-refractivity contribution in [2.75, 3.05) is 31.1 Å². The van der Waals surface area contributed by atoms with Gasteiger partial charge in [-0.1, -0.05) is 13.3 Å². The molecule has 3 heteroatoms. The molecule has 0 aromatic heterocycles. The summed E-state index contributed by atoms with van der Waals surface area (Å²) in [6.07, 6.45) is 5.71. The van der Waals surface area contributed by atoms with Crippen LogP contribution in [-0.4, -0.2) is 42.1 Å². The van der Waals surface area contributed by atoms with E-state index in [1.807, 2.05) is 11.8 Å². The van der Waals surface area contributed by atoms with E-state index in [9.17, 15) is 0 Å². The summed E-state index contributed by atoms with van der Waals surface area (Å²) < 4.78 is 0. The van der Waals surface area contributed by atoms with Crippen LogP contribution >= 0.6 is 11.8 Å². The predicted molar refractivity (Wildman–Crippen MR) is 72.9 cm³/mol. The predicted octanol–water partition coefficient (Wildman–Crippen LogP) is 2.19. The molecule has 1 saturated carbocycles. The Morgan fingerprint density at radius 1 is 1.31 bits per heavy atom. The van der Waals surface area contributed by atoms with Gasteiger partial charge in [0.25, 0.3) is 0 Å². The van der Waals surface area contributed by atoms with Crippen molar-refractivity contribution in [3.05, 3.63) is 0 Å². The summed E-state index contributed by atoms with van der Waals surface area (Å²) in [5.41, 5.74) is 5.93. The molecule has 0 aromatic rings. The van der Waals surface area contributed by atoms with Gasteiger partial charge in [-0.25, -0.2) is 0 Å². The maximum Gasteiger partial charge on any atom is 0.0226 e. The molecule has 1 aliphatic heterocycles. The lowest BCUT2D eigenvalue weighted by atomic mass is 10.0. The second-order valence-corrected chi connectivity index (χ2v) is 6.67. The van der Waals surface area contributed by atoms with Gasteiger partial charge in [-0.05, 0) is 42.6 Å². The number of rotatable bonds is 6. The molecular weight excluding hydrogens is 216 g/mol. The normalized spacial score (nSPS) is 31.9. The molecule has 16 heavy (non-hydrogen) atoms. The Morgan fingerprint density at radius 3 is 2.56 bits per heavy atom. The van der Waals surface area contributed by atoms with E-state index in [0.717, 1.165) is 18.4 Å². The lowest BCUT2D eigenvalue weighted by molar-refractivity contribution is 0.225. The first-order valence-electron chi connectivity index (χ1n) is 6.87. The number of hydrogen-bond acceptors (Lipinski definition) is 3. The van der Waals surface area contributed by atoms with Gasteiger partial charge in [-0.15, -0.1) is 0 Å². The van der Waals surface area contributed by atoms with Crippen molar-refractivity contribution in [2.24, 2.45) is 17.6 Å². The highest BCUT2D eigenvalue weighted by atomic mass is 32.2. The van der Waals surface area contributed by atoms with E-state index < -0.39 is 0 Å². The largest absolute Gasteiger partial charge is 0.329 e. The summed E-state index contributed by atoms with van der Waals surface area (Å²) in [7, 11) is 0. The van der Waals surface area contributed by atoms with Gasteiger partial charge in [0.1, 0.15) is 0 Å². The van der Waals surface area contributed by atoms with Crippen LogP contribution in [0.5, 0.6) is 0 Å². The molecule has 0 amide bonds. The molecule has 2 rings (SSSR count). The number of thioether (sulfide) groups is 1. The van der Waals surface area contributed by atoms with Gasteiger partial charge >= 0.3 is 0 Å². The van der Waals surface area contributed by atoms with Crippen molar-refractivity contribution in [1.82, 2.24) is 4.90 Å². The molecule has 0 spiro atoms. The fourth-order valence-electron chi connectivity index (χ4n) is 3.38. The summed E-state index contributed by atoms with van der Waals surface area (Å²) in [6.45, 7) is 5.76. The van der Waals surface area contributed by atoms with E-state index >= 15 is 0 Å². The Labute approximate surface area is 104 Å². The second kappa shape index (κ2) is 6.27. The lowest BCUT2D eigenvalue weighted by Gasteiger charge is -2.27. The number of likely N-dealkylation sites (tertiary alicyclic amines) is 1. The SMILES string of the molecule is CCSCCC(CN)N1CC2CCCC2C1. The molecule has 1 heterocycles. The van der Waals surface area contributed by atoms with Crippen LogP contribution in [0, 0.1) is 11.8 Å². The van der Waals surface area contributed by atoms with Gasteiger partial charge in [0.05, 0.1) is 0 Å². The summed E-state index contributed by atoms with van der Waals surface area (Å²) in [5.74, 6) is 4.54. The molecule has 2 N–H and O–H groups in total. The Morgan fingerprint density at radius 2 is 2.00 bits per heavy atom. The molecule has 0 radical (unpaired) electrons. The van der Waals surface area contributed by atoms with Crippen molar-refractivity contribution in [3.8, 4) is 0 Å². The monoisotopic (exact) mass is 242 g/mol. The van der Waals surface area contributed by atoms with Gasteiger partial charge in [0, 0.05) is 25.7 Å². The van der Waals surface area contributed by atoms with Crippen LogP contribution < -0.4 is 5.73 Å². The van der Waals surface area contributed by atoms with Gasteiger partial charge in [0.2, 0.25) is 0 Å². The molecule has 0 aromatic carbocycles. The minimum atomic E-state index is 0.657. The highest BCUT2D eigenvalue weighted by Crippen LogP contribution is 2.38. The van der Waals surface area contributed by atoms with Crippen molar-refractivity contribution < 1.29 is 0 Å². The summed E-state index contributed by atoms with van der Waals surface area (Å²) in [4.78, 5) is 2.69. The maximum absolute atomic E-state index is 5.93. The zero-order valence-corrected chi connectivity index (χ0v) is 11.3.